The van der Waals surface area contributed by atoms with Gasteiger partial charge in [0.2, 0.25) is 0 Å². The lowest BCUT2D eigenvalue weighted by molar-refractivity contribution is -0.386. The van der Waals surface area contributed by atoms with Gasteiger partial charge < -0.3 is 4.74 Å². The van der Waals surface area contributed by atoms with Crippen LogP contribution >= 0.6 is 23.2 Å². The summed E-state index contributed by atoms with van der Waals surface area (Å²) in [6.45, 7) is 5.47. The molecule has 0 saturated heterocycles. The van der Waals surface area contributed by atoms with Crippen molar-refractivity contribution in [1.82, 2.24) is 9.55 Å². The van der Waals surface area contributed by atoms with E-state index in [-0.39, 0.29) is 38.9 Å². The SMILES string of the molecule is CCc1ccnc(C(C)C)c1-n1c(=O)c([N+](=O)[O-])c(Cl)c2cc(Cl)c(-c3c(F)cccc3OC)c(F)c21. The van der Waals surface area contributed by atoms with Gasteiger partial charge in [0.1, 0.15) is 16.6 Å². The molecule has 0 amide bonds. The maximum Gasteiger partial charge on any atom is 0.353 e. The Morgan fingerprint density at radius 3 is 2.49 bits per heavy atom. The van der Waals surface area contributed by atoms with Crippen molar-refractivity contribution in [2.75, 3.05) is 7.11 Å². The van der Waals surface area contributed by atoms with Gasteiger partial charge in [0.15, 0.2) is 5.82 Å². The number of hydrogen-bond donors (Lipinski definition) is 0. The molecule has 0 N–H and O–H groups in total. The number of aryl methyl sites for hydroxylation is 1. The number of nitro groups is 1. The molecule has 0 aliphatic rings. The number of pyridine rings is 2. The Hall–Kier alpha value is -3.56. The first-order valence-corrected chi connectivity index (χ1v) is 12.0. The number of ether oxygens (including phenoxy) is 1. The molecule has 0 spiro atoms. The molecule has 192 valence electrons. The van der Waals surface area contributed by atoms with E-state index < -0.39 is 38.3 Å². The van der Waals surface area contributed by atoms with Crippen molar-refractivity contribution in [2.45, 2.75) is 33.1 Å². The number of fused-ring (bicyclic) bond motifs is 1. The van der Waals surface area contributed by atoms with Gasteiger partial charge in [-0.1, -0.05) is 50.0 Å². The summed E-state index contributed by atoms with van der Waals surface area (Å²) in [6, 6.07) is 6.76. The normalized spacial score (nSPS) is 11.4. The molecule has 2 heterocycles. The van der Waals surface area contributed by atoms with E-state index >= 15 is 8.78 Å². The van der Waals surface area contributed by atoms with E-state index in [1.54, 1.807) is 12.3 Å². The summed E-state index contributed by atoms with van der Waals surface area (Å²) in [6.07, 6.45) is 1.96. The van der Waals surface area contributed by atoms with Gasteiger partial charge in [0.25, 0.3) is 0 Å². The highest BCUT2D eigenvalue weighted by atomic mass is 35.5. The highest BCUT2D eigenvalue weighted by molar-refractivity contribution is 6.39. The van der Waals surface area contributed by atoms with E-state index in [1.807, 2.05) is 20.8 Å². The zero-order chi connectivity index (χ0) is 27.2. The lowest BCUT2D eigenvalue weighted by Gasteiger charge is -2.21. The average Bonchev–Trinajstić information content (AvgIpc) is 2.85. The van der Waals surface area contributed by atoms with Gasteiger partial charge in [0.05, 0.1) is 39.5 Å². The predicted octanol–water partition coefficient (Wildman–Crippen LogP) is 7.24. The molecule has 0 atom stereocenters. The van der Waals surface area contributed by atoms with E-state index in [4.69, 9.17) is 27.9 Å². The van der Waals surface area contributed by atoms with Crippen molar-refractivity contribution < 1.29 is 18.4 Å². The summed E-state index contributed by atoms with van der Waals surface area (Å²) in [7, 11) is 1.29. The number of nitrogens with zero attached hydrogens (tertiary/aromatic N) is 3. The van der Waals surface area contributed by atoms with Gasteiger partial charge in [-0.25, -0.2) is 8.78 Å². The second-order valence-corrected chi connectivity index (χ2v) is 9.32. The molecule has 0 radical (unpaired) electrons. The Labute approximate surface area is 220 Å². The number of methoxy groups -OCH3 is 1. The van der Waals surface area contributed by atoms with Crippen LogP contribution in [0, 0.1) is 21.7 Å². The Kier molecular flexibility index (Phi) is 7.21. The maximum atomic E-state index is 16.6. The summed E-state index contributed by atoms with van der Waals surface area (Å²) < 4.78 is 37.8. The second-order valence-electron chi connectivity index (χ2n) is 8.53. The molecule has 0 saturated carbocycles. The topological polar surface area (TPSA) is 87.3 Å². The minimum atomic E-state index is -1.15. The van der Waals surface area contributed by atoms with Crippen LogP contribution in [0.15, 0.2) is 41.3 Å². The molecular weight excluding hydrogens is 527 g/mol. The van der Waals surface area contributed by atoms with E-state index in [0.29, 0.717) is 17.7 Å². The number of hydrogen-bond acceptors (Lipinski definition) is 5. The molecule has 7 nitrogen and oxygen atoms in total. The van der Waals surface area contributed by atoms with E-state index in [9.17, 15) is 14.9 Å². The number of benzene rings is 2. The summed E-state index contributed by atoms with van der Waals surface area (Å²) in [5.41, 5.74) is -1.93. The van der Waals surface area contributed by atoms with E-state index in [1.165, 1.54) is 25.3 Å². The van der Waals surface area contributed by atoms with Crippen molar-refractivity contribution in [1.29, 1.82) is 0 Å². The number of rotatable bonds is 6. The minimum absolute atomic E-state index is 0.000509. The Bertz CT molecular complexity index is 1640. The van der Waals surface area contributed by atoms with Crippen LogP contribution in [-0.4, -0.2) is 21.6 Å². The third-order valence-electron chi connectivity index (χ3n) is 6.08. The molecular formula is C26H21Cl2F2N3O4. The van der Waals surface area contributed by atoms with Crippen LogP contribution in [0.25, 0.3) is 27.7 Å². The molecule has 0 fully saturated rings. The largest absolute Gasteiger partial charge is 0.496 e. The molecule has 0 aliphatic heterocycles. The standard InChI is InChI=1S/C26H21Cl2F2N3O4/c1-5-13-9-10-31-22(12(2)3)23(13)32-24-14(20(28)25(26(32)34)33(35)36)11-15(27)18(21(24)30)19-16(29)7-6-8-17(19)37-4/h6-12H,5H2,1-4H3. The summed E-state index contributed by atoms with van der Waals surface area (Å²) >= 11 is 12.8. The van der Waals surface area contributed by atoms with Gasteiger partial charge >= 0.3 is 11.2 Å². The second kappa shape index (κ2) is 10.1. The van der Waals surface area contributed by atoms with Crippen LogP contribution in [0.1, 0.15) is 37.9 Å². The number of aromatic nitrogens is 2. The number of halogens is 4. The first-order valence-electron chi connectivity index (χ1n) is 11.3. The van der Waals surface area contributed by atoms with Gasteiger partial charge in [0, 0.05) is 17.1 Å². The molecule has 0 unspecified atom stereocenters. The summed E-state index contributed by atoms with van der Waals surface area (Å²) in [5, 5.41) is 10.9. The van der Waals surface area contributed by atoms with Gasteiger partial charge in [-0.05, 0) is 42.2 Å². The first kappa shape index (κ1) is 26.5. The first-order chi connectivity index (χ1) is 17.5. The van der Waals surface area contributed by atoms with Crippen LogP contribution in [0.3, 0.4) is 0 Å². The zero-order valence-corrected chi connectivity index (χ0v) is 21.7. The highest BCUT2D eigenvalue weighted by Gasteiger charge is 2.32. The van der Waals surface area contributed by atoms with Crippen LogP contribution in [-0.2, 0) is 6.42 Å². The minimum Gasteiger partial charge on any atom is -0.496 e. The Morgan fingerprint density at radius 1 is 1.19 bits per heavy atom. The lowest BCUT2D eigenvalue weighted by Crippen LogP contribution is -2.26. The van der Waals surface area contributed by atoms with Gasteiger partial charge in [-0.2, -0.15) is 0 Å². The third-order valence-corrected chi connectivity index (χ3v) is 6.76. The lowest BCUT2D eigenvalue weighted by atomic mass is 9.98. The van der Waals surface area contributed by atoms with Crippen molar-refractivity contribution in [3.63, 3.8) is 0 Å². The maximum absolute atomic E-state index is 16.6. The summed E-state index contributed by atoms with van der Waals surface area (Å²) in [5.74, 6) is -2.15. The van der Waals surface area contributed by atoms with E-state index in [0.717, 1.165) is 10.6 Å². The zero-order valence-electron chi connectivity index (χ0n) is 20.2. The summed E-state index contributed by atoms with van der Waals surface area (Å²) in [4.78, 5) is 29.1. The molecule has 2 aromatic heterocycles. The third kappa shape index (κ3) is 4.22. The quantitative estimate of drug-likeness (QED) is 0.187. The predicted molar refractivity (Wildman–Crippen MR) is 139 cm³/mol. The van der Waals surface area contributed by atoms with Crippen molar-refractivity contribution in [3.8, 4) is 22.6 Å². The van der Waals surface area contributed by atoms with Crippen LogP contribution in [0.2, 0.25) is 10.0 Å². The molecule has 4 aromatic rings. The molecule has 0 aliphatic carbocycles. The molecule has 4 rings (SSSR count). The molecule has 11 heteroatoms. The van der Waals surface area contributed by atoms with Crippen molar-refractivity contribution >= 4 is 39.8 Å². The Morgan fingerprint density at radius 2 is 1.89 bits per heavy atom. The molecule has 37 heavy (non-hydrogen) atoms. The van der Waals surface area contributed by atoms with Crippen molar-refractivity contribution in [3.05, 3.63) is 89.9 Å². The highest BCUT2D eigenvalue weighted by Crippen LogP contribution is 2.44. The fourth-order valence-corrected chi connectivity index (χ4v) is 5.00. The van der Waals surface area contributed by atoms with Gasteiger partial charge in [-0.3, -0.25) is 24.5 Å². The smallest absolute Gasteiger partial charge is 0.353 e. The van der Waals surface area contributed by atoms with Crippen LogP contribution < -0.4 is 10.3 Å². The van der Waals surface area contributed by atoms with Crippen LogP contribution in [0.4, 0.5) is 14.5 Å². The van der Waals surface area contributed by atoms with Crippen molar-refractivity contribution in [2.24, 2.45) is 0 Å². The van der Waals surface area contributed by atoms with Gasteiger partial charge in [-0.15, -0.1) is 0 Å². The average molecular weight is 548 g/mol. The fraction of sp³-hybridized carbons (Fsp3) is 0.231. The molecule has 2 aromatic carbocycles. The fourth-order valence-electron chi connectivity index (χ4n) is 4.42. The van der Waals surface area contributed by atoms with Crippen LogP contribution in [0.5, 0.6) is 5.75 Å². The molecule has 0 bridgehead atoms. The van der Waals surface area contributed by atoms with E-state index in [2.05, 4.69) is 4.98 Å². The monoisotopic (exact) mass is 547 g/mol. The Balaban J connectivity index is 2.34.